The number of ether oxygens (including phenoxy) is 1. The molecule has 0 fully saturated rings. The second-order valence-electron chi connectivity index (χ2n) is 4.03. The van der Waals surface area contributed by atoms with E-state index in [1.165, 1.54) is 25.4 Å². The van der Waals surface area contributed by atoms with E-state index in [2.05, 4.69) is 20.1 Å². The van der Waals surface area contributed by atoms with Crippen molar-refractivity contribution in [3.8, 4) is 5.88 Å². The Morgan fingerprint density at radius 2 is 2.10 bits per heavy atom. The van der Waals surface area contributed by atoms with Gasteiger partial charge in [0.1, 0.15) is 4.90 Å². The number of pyridine rings is 2. The van der Waals surface area contributed by atoms with Gasteiger partial charge in [-0.2, -0.15) is 0 Å². The summed E-state index contributed by atoms with van der Waals surface area (Å²) in [5.41, 5.74) is 2.98. The number of nitrogens with zero attached hydrogens (tertiary/aromatic N) is 2. The number of aromatic nitrogens is 2. The predicted octanol–water partition coefficient (Wildman–Crippen LogP) is 0.249. The van der Waals surface area contributed by atoms with Gasteiger partial charge >= 0.3 is 0 Å². The van der Waals surface area contributed by atoms with Gasteiger partial charge in [-0.25, -0.2) is 29.0 Å². The van der Waals surface area contributed by atoms with Crippen LogP contribution in [0.4, 0.5) is 5.82 Å². The second-order valence-corrected chi connectivity index (χ2v) is 5.76. The van der Waals surface area contributed by atoms with Crippen LogP contribution in [0.1, 0.15) is 5.56 Å². The molecule has 2 rings (SSSR count). The van der Waals surface area contributed by atoms with Gasteiger partial charge in [-0.3, -0.25) is 0 Å². The average Bonchev–Trinajstić information content (AvgIpc) is 2.53. The smallest absolute Gasteiger partial charge is 0.244 e. The third kappa shape index (κ3) is 3.66. The summed E-state index contributed by atoms with van der Waals surface area (Å²) in [7, 11) is -2.25. The predicted molar refractivity (Wildman–Crippen MR) is 76.9 cm³/mol. The molecule has 0 aliphatic heterocycles. The summed E-state index contributed by atoms with van der Waals surface area (Å²) in [6.45, 7) is 0.0973. The van der Waals surface area contributed by atoms with E-state index in [1.54, 1.807) is 18.3 Å². The standard InChI is InChI=1S/C12H15N5O3S/c1-20-11-7-9(4-6-14-11)8-16-21(18,19)10-3-2-5-15-12(10)17-13/h2-7,16H,8,13H2,1H3,(H,15,17). The van der Waals surface area contributed by atoms with Crippen molar-refractivity contribution in [2.75, 3.05) is 12.5 Å². The lowest BCUT2D eigenvalue weighted by atomic mass is 10.3. The van der Waals surface area contributed by atoms with Crippen LogP contribution in [0.3, 0.4) is 0 Å². The van der Waals surface area contributed by atoms with Crippen molar-refractivity contribution in [2.45, 2.75) is 11.4 Å². The third-order valence-electron chi connectivity index (χ3n) is 2.67. The van der Waals surface area contributed by atoms with Crippen molar-refractivity contribution >= 4 is 15.8 Å². The Balaban J connectivity index is 2.18. The summed E-state index contributed by atoms with van der Waals surface area (Å²) in [4.78, 5) is 7.79. The highest BCUT2D eigenvalue weighted by molar-refractivity contribution is 7.89. The highest BCUT2D eigenvalue weighted by Crippen LogP contribution is 2.17. The maximum atomic E-state index is 12.2. The number of hydrogen-bond acceptors (Lipinski definition) is 7. The minimum atomic E-state index is -3.74. The highest BCUT2D eigenvalue weighted by Gasteiger charge is 2.18. The Morgan fingerprint density at radius 1 is 1.29 bits per heavy atom. The summed E-state index contributed by atoms with van der Waals surface area (Å²) < 4.78 is 31.9. The Morgan fingerprint density at radius 3 is 2.81 bits per heavy atom. The quantitative estimate of drug-likeness (QED) is 0.517. The highest BCUT2D eigenvalue weighted by atomic mass is 32.2. The number of nitrogen functional groups attached to an aromatic ring is 1. The van der Waals surface area contributed by atoms with Crippen LogP contribution in [0.2, 0.25) is 0 Å². The molecule has 0 atom stereocenters. The molecule has 2 aromatic rings. The zero-order chi connectivity index (χ0) is 15.3. The molecule has 0 aromatic carbocycles. The molecule has 9 heteroatoms. The van der Waals surface area contributed by atoms with Gasteiger partial charge in [0.2, 0.25) is 15.9 Å². The SMILES string of the molecule is COc1cc(CNS(=O)(=O)c2cccnc2NN)ccn1. The van der Waals surface area contributed by atoms with Crippen LogP contribution in [0.5, 0.6) is 5.88 Å². The maximum absolute atomic E-state index is 12.2. The van der Waals surface area contributed by atoms with Gasteiger partial charge in [0.25, 0.3) is 0 Å². The molecular weight excluding hydrogens is 294 g/mol. The number of methoxy groups -OCH3 is 1. The van der Waals surface area contributed by atoms with E-state index in [0.29, 0.717) is 5.88 Å². The zero-order valence-electron chi connectivity index (χ0n) is 11.3. The number of hydrazine groups is 1. The molecule has 8 nitrogen and oxygen atoms in total. The molecular formula is C12H15N5O3S. The molecule has 21 heavy (non-hydrogen) atoms. The van der Waals surface area contributed by atoms with Crippen molar-refractivity contribution in [2.24, 2.45) is 5.84 Å². The zero-order valence-corrected chi connectivity index (χ0v) is 12.1. The number of sulfonamides is 1. The van der Waals surface area contributed by atoms with Crippen molar-refractivity contribution in [1.82, 2.24) is 14.7 Å². The summed E-state index contributed by atoms with van der Waals surface area (Å²) in [6.07, 6.45) is 2.99. The summed E-state index contributed by atoms with van der Waals surface area (Å²) in [5.74, 6) is 5.76. The van der Waals surface area contributed by atoms with E-state index in [-0.39, 0.29) is 17.3 Å². The maximum Gasteiger partial charge on any atom is 0.244 e. The molecule has 0 unspecified atom stereocenters. The van der Waals surface area contributed by atoms with E-state index in [9.17, 15) is 8.42 Å². The largest absolute Gasteiger partial charge is 0.481 e. The van der Waals surface area contributed by atoms with E-state index in [4.69, 9.17) is 10.6 Å². The van der Waals surface area contributed by atoms with Gasteiger partial charge < -0.3 is 10.2 Å². The number of nitrogens with one attached hydrogen (secondary N) is 2. The topological polar surface area (TPSA) is 119 Å². The number of anilines is 1. The van der Waals surface area contributed by atoms with Crippen molar-refractivity contribution < 1.29 is 13.2 Å². The van der Waals surface area contributed by atoms with Crippen molar-refractivity contribution in [3.05, 3.63) is 42.2 Å². The lowest BCUT2D eigenvalue weighted by Crippen LogP contribution is -2.25. The molecule has 112 valence electrons. The molecule has 0 saturated carbocycles. The summed E-state index contributed by atoms with van der Waals surface area (Å²) >= 11 is 0. The molecule has 0 aliphatic rings. The lowest BCUT2D eigenvalue weighted by Gasteiger charge is -2.10. The Hall–Kier alpha value is -2.23. The van der Waals surface area contributed by atoms with Crippen LogP contribution >= 0.6 is 0 Å². The Labute approximate surface area is 122 Å². The van der Waals surface area contributed by atoms with Crippen molar-refractivity contribution in [3.63, 3.8) is 0 Å². The van der Waals surface area contributed by atoms with Crippen LogP contribution in [-0.4, -0.2) is 25.5 Å². The third-order valence-corrected chi connectivity index (χ3v) is 4.10. The Kier molecular flexibility index (Phi) is 4.68. The van der Waals surface area contributed by atoms with Gasteiger partial charge in [0.15, 0.2) is 5.82 Å². The molecule has 0 radical (unpaired) electrons. The minimum Gasteiger partial charge on any atom is -0.481 e. The molecule has 0 aliphatic carbocycles. The molecule has 0 amide bonds. The van der Waals surface area contributed by atoms with Crippen molar-refractivity contribution in [1.29, 1.82) is 0 Å². The van der Waals surface area contributed by atoms with Crippen LogP contribution in [0, 0.1) is 0 Å². The summed E-state index contributed by atoms with van der Waals surface area (Å²) in [5, 5.41) is 0. The van der Waals surface area contributed by atoms with Gasteiger partial charge in [0.05, 0.1) is 7.11 Å². The molecule has 0 spiro atoms. The minimum absolute atomic E-state index is 0.0199. The van der Waals surface area contributed by atoms with Gasteiger partial charge in [0, 0.05) is 25.0 Å². The van der Waals surface area contributed by atoms with E-state index < -0.39 is 10.0 Å². The van der Waals surface area contributed by atoms with Gasteiger partial charge in [-0.05, 0) is 23.8 Å². The molecule has 2 heterocycles. The Bertz CT molecular complexity index is 720. The monoisotopic (exact) mass is 309 g/mol. The molecule has 4 N–H and O–H groups in total. The number of hydrogen-bond donors (Lipinski definition) is 3. The van der Waals surface area contributed by atoms with E-state index in [1.807, 2.05) is 0 Å². The van der Waals surface area contributed by atoms with Gasteiger partial charge in [-0.15, -0.1) is 0 Å². The fourth-order valence-electron chi connectivity index (χ4n) is 1.64. The van der Waals surface area contributed by atoms with E-state index in [0.717, 1.165) is 5.56 Å². The van der Waals surface area contributed by atoms with Crippen LogP contribution in [0.15, 0.2) is 41.6 Å². The first-order chi connectivity index (χ1) is 10.1. The van der Waals surface area contributed by atoms with Crippen LogP contribution < -0.4 is 20.7 Å². The first-order valence-corrected chi connectivity index (χ1v) is 7.45. The van der Waals surface area contributed by atoms with Gasteiger partial charge in [-0.1, -0.05) is 0 Å². The summed E-state index contributed by atoms with van der Waals surface area (Å²) in [6, 6.07) is 6.27. The number of nitrogens with two attached hydrogens (primary N) is 1. The average molecular weight is 309 g/mol. The van der Waals surface area contributed by atoms with Crippen LogP contribution in [-0.2, 0) is 16.6 Å². The lowest BCUT2D eigenvalue weighted by molar-refractivity contribution is 0.397. The molecule has 0 saturated heterocycles. The normalized spacial score (nSPS) is 11.1. The molecule has 2 aromatic heterocycles. The first kappa shape index (κ1) is 15.2. The first-order valence-electron chi connectivity index (χ1n) is 5.97. The molecule has 0 bridgehead atoms. The fourth-order valence-corrected chi connectivity index (χ4v) is 2.78. The second kappa shape index (κ2) is 6.48. The van der Waals surface area contributed by atoms with E-state index >= 15 is 0 Å². The van der Waals surface area contributed by atoms with Crippen LogP contribution in [0.25, 0.3) is 0 Å². The number of rotatable bonds is 6. The fraction of sp³-hybridized carbons (Fsp3) is 0.167.